The Kier molecular flexibility index (Phi) is 8.75. The minimum atomic E-state index is -4.74. The first-order valence-corrected chi connectivity index (χ1v) is 14.7. The highest BCUT2D eigenvalue weighted by atomic mass is 19.4. The molecule has 0 N–H and O–H groups in total. The molecule has 2 fully saturated rings. The molecule has 0 bridgehead atoms. The first-order valence-electron chi connectivity index (χ1n) is 14.7. The Balaban J connectivity index is 1.53. The van der Waals surface area contributed by atoms with E-state index in [-0.39, 0.29) is 36.8 Å². The van der Waals surface area contributed by atoms with Crippen molar-refractivity contribution in [2.75, 3.05) is 63.2 Å². The first-order chi connectivity index (χ1) is 20.9. The number of benzene rings is 1. The van der Waals surface area contributed by atoms with Gasteiger partial charge in [0.05, 0.1) is 30.1 Å². The highest BCUT2D eigenvalue weighted by Gasteiger charge is 2.45. The van der Waals surface area contributed by atoms with Gasteiger partial charge in [0, 0.05) is 43.2 Å². The summed E-state index contributed by atoms with van der Waals surface area (Å²) < 4.78 is 63.3. The largest absolute Gasteiger partial charge is 0.463 e. The fourth-order valence-electron chi connectivity index (χ4n) is 6.35. The summed E-state index contributed by atoms with van der Waals surface area (Å²) in [4.78, 5) is 32.7. The summed E-state index contributed by atoms with van der Waals surface area (Å²) in [6.45, 7) is 15.1. The number of ether oxygens (including phenoxy) is 1. The van der Waals surface area contributed by atoms with Crippen molar-refractivity contribution in [3.63, 3.8) is 0 Å². The number of carbonyl (C=O) groups excluding carboxylic acids is 1. The van der Waals surface area contributed by atoms with Crippen LogP contribution < -0.4 is 14.5 Å². The molecule has 5 rings (SSSR count). The Morgan fingerprint density at radius 3 is 2.66 bits per heavy atom. The summed E-state index contributed by atoms with van der Waals surface area (Å²) in [5, 5.41) is 0. The van der Waals surface area contributed by atoms with Gasteiger partial charge in [-0.3, -0.25) is 4.79 Å². The average Bonchev–Trinajstić information content (AvgIpc) is 3.73. The van der Waals surface area contributed by atoms with Gasteiger partial charge in [-0.1, -0.05) is 12.6 Å². The number of aromatic nitrogens is 2. The second-order valence-corrected chi connectivity index (χ2v) is 12.3. The number of fused-ring (bicyclic) bond motifs is 1. The smallest absolute Gasteiger partial charge is 0.418 e. The third-order valence-corrected chi connectivity index (χ3v) is 8.64. The van der Waals surface area contributed by atoms with Gasteiger partial charge in [0.15, 0.2) is 0 Å². The first kappa shape index (κ1) is 31.5. The number of nitrogens with zero attached hydrogens (tertiary/aromatic N) is 7. The average molecular weight is 616 g/mol. The van der Waals surface area contributed by atoms with Crippen LogP contribution in [0.2, 0.25) is 0 Å². The van der Waals surface area contributed by atoms with Crippen LogP contribution in [0, 0.1) is 17.8 Å². The number of carbonyl (C=O) groups is 1. The van der Waals surface area contributed by atoms with Crippen LogP contribution in [0.4, 0.5) is 29.1 Å². The Morgan fingerprint density at radius 2 is 2.02 bits per heavy atom. The summed E-state index contributed by atoms with van der Waals surface area (Å²) in [5.41, 5.74) is -0.357. The Bertz CT molecular complexity index is 1450. The molecule has 1 aromatic carbocycles. The number of hydrogen-bond acceptors (Lipinski definition) is 7. The monoisotopic (exact) mass is 615 g/mol. The van der Waals surface area contributed by atoms with Gasteiger partial charge in [-0.05, 0) is 58.5 Å². The van der Waals surface area contributed by atoms with E-state index < -0.39 is 35.3 Å². The molecule has 13 heteroatoms. The SMILES string of the molecule is [C-]#[N+]C[C@H]1CN(c2nc(OCC3(CN(C)C)CC3)nc3c2C[C@@H](C)N(c2c(F)cccc2C(F)(F)F)C3)CCN1C(=O)C=C. The van der Waals surface area contributed by atoms with Crippen molar-refractivity contribution < 1.29 is 27.1 Å². The highest BCUT2D eigenvalue weighted by Crippen LogP contribution is 2.46. The molecule has 1 saturated carbocycles. The second kappa shape index (κ2) is 12.2. The molecule has 1 aromatic heterocycles. The molecule has 0 spiro atoms. The lowest BCUT2D eigenvalue weighted by molar-refractivity contribution is -0.137. The van der Waals surface area contributed by atoms with Gasteiger partial charge in [0.2, 0.25) is 12.5 Å². The summed E-state index contributed by atoms with van der Waals surface area (Å²) >= 11 is 0. The molecule has 9 nitrogen and oxygen atoms in total. The van der Waals surface area contributed by atoms with Crippen LogP contribution >= 0.6 is 0 Å². The van der Waals surface area contributed by atoms with E-state index in [0.717, 1.165) is 43.1 Å². The number of halogens is 4. The van der Waals surface area contributed by atoms with Crippen LogP contribution in [-0.4, -0.2) is 91.2 Å². The molecule has 2 aliphatic heterocycles. The van der Waals surface area contributed by atoms with Crippen molar-refractivity contribution in [2.45, 2.75) is 51.0 Å². The van der Waals surface area contributed by atoms with Crippen molar-refractivity contribution in [1.82, 2.24) is 19.8 Å². The molecule has 1 aliphatic carbocycles. The van der Waals surface area contributed by atoms with Crippen molar-refractivity contribution >= 4 is 17.4 Å². The molecule has 1 saturated heterocycles. The maximum absolute atomic E-state index is 15.1. The molecular weight excluding hydrogens is 578 g/mol. The molecule has 2 atom stereocenters. The van der Waals surface area contributed by atoms with E-state index in [2.05, 4.69) is 21.3 Å². The standard InChI is InChI=1S/C31H37F4N7O2/c1-6-26(43)41-13-12-40(16-21(41)15-36-3)28-22-14-20(2)42(27-23(31(33,34)35)8-7-9-24(27)32)17-25(22)37-29(38-28)44-19-30(10-11-30)18-39(4)5/h6-9,20-21H,1,10-19H2,2,4-5H3/t20-,21+/m1/s1. The third kappa shape index (κ3) is 6.45. The summed E-state index contributed by atoms with van der Waals surface area (Å²) in [6.07, 6.45) is -1.24. The quantitative estimate of drug-likeness (QED) is 0.235. The van der Waals surface area contributed by atoms with Gasteiger partial charge in [0.1, 0.15) is 17.7 Å². The Hall–Kier alpha value is -3.92. The topological polar surface area (TPSA) is 69.4 Å². The molecule has 236 valence electrons. The molecule has 3 heterocycles. The molecule has 2 aromatic rings. The zero-order valence-electron chi connectivity index (χ0n) is 25.2. The third-order valence-electron chi connectivity index (χ3n) is 8.64. The van der Waals surface area contributed by atoms with Gasteiger partial charge < -0.3 is 29.2 Å². The Morgan fingerprint density at radius 1 is 1.27 bits per heavy atom. The van der Waals surface area contributed by atoms with Gasteiger partial charge >= 0.3 is 12.2 Å². The minimum absolute atomic E-state index is 0.0182. The van der Waals surface area contributed by atoms with Crippen molar-refractivity contribution in [3.05, 3.63) is 64.9 Å². The molecule has 0 radical (unpaired) electrons. The van der Waals surface area contributed by atoms with Gasteiger partial charge in [-0.15, -0.1) is 0 Å². The molecular formula is C31H37F4N7O2. The zero-order chi connectivity index (χ0) is 31.8. The number of alkyl halides is 3. The van der Waals surface area contributed by atoms with Crippen molar-refractivity contribution in [2.24, 2.45) is 5.41 Å². The number of anilines is 2. The molecule has 1 amide bonds. The van der Waals surface area contributed by atoms with E-state index in [1.807, 2.05) is 19.0 Å². The predicted octanol–water partition coefficient (Wildman–Crippen LogP) is 4.43. The normalized spacial score (nSPS) is 21.1. The molecule has 3 aliphatic rings. The summed E-state index contributed by atoms with van der Waals surface area (Å²) in [7, 11) is 4.00. The van der Waals surface area contributed by atoms with Crippen LogP contribution in [-0.2, 0) is 23.9 Å². The number of rotatable bonds is 9. The number of amides is 1. The van der Waals surface area contributed by atoms with Crippen molar-refractivity contribution in [1.29, 1.82) is 0 Å². The number of para-hydroxylation sites is 1. The lowest BCUT2D eigenvalue weighted by Gasteiger charge is -2.42. The van der Waals surface area contributed by atoms with E-state index >= 15 is 4.39 Å². The summed E-state index contributed by atoms with van der Waals surface area (Å²) in [5.74, 6) is -0.637. The van der Waals surface area contributed by atoms with Crippen LogP contribution in [0.1, 0.15) is 36.6 Å². The lowest BCUT2D eigenvalue weighted by Crippen LogP contribution is -2.56. The van der Waals surface area contributed by atoms with Gasteiger partial charge in [0.25, 0.3) is 0 Å². The highest BCUT2D eigenvalue weighted by molar-refractivity contribution is 5.87. The Labute approximate surface area is 254 Å². The second-order valence-electron chi connectivity index (χ2n) is 12.3. The number of piperazine rings is 1. The number of hydrogen-bond donors (Lipinski definition) is 0. The van der Waals surface area contributed by atoms with E-state index in [9.17, 15) is 18.0 Å². The maximum atomic E-state index is 15.1. The van der Waals surface area contributed by atoms with E-state index in [1.165, 1.54) is 11.0 Å². The van der Waals surface area contributed by atoms with Crippen LogP contribution in [0.5, 0.6) is 6.01 Å². The van der Waals surface area contributed by atoms with E-state index in [1.54, 1.807) is 11.8 Å². The summed E-state index contributed by atoms with van der Waals surface area (Å²) in [6, 6.07) is 2.19. The van der Waals surface area contributed by atoms with E-state index in [4.69, 9.17) is 16.3 Å². The predicted molar refractivity (Wildman–Crippen MR) is 158 cm³/mol. The fraction of sp³-hybridized carbons (Fsp3) is 0.548. The molecule has 0 unspecified atom stereocenters. The van der Waals surface area contributed by atoms with Gasteiger partial charge in [-0.2, -0.15) is 23.1 Å². The maximum Gasteiger partial charge on any atom is 0.418 e. The lowest BCUT2D eigenvalue weighted by atomic mass is 9.96. The van der Waals surface area contributed by atoms with Crippen LogP contribution in [0.3, 0.4) is 0 Å². The minimum Gasteiger partial charge on any atom is -0.463 e. The van der Waals surface area contributed by atoms with Crippen molar-refractivity contribution in [3.8, 4) is 6.01 Å². The van der Waals surface area contributed by atoms with Crippen LogP contribution in [0.25, 0.3) is 4.85 Å². The molecule has 44 heavy (non-hydrogen) atoms. The zero-order valence-corrected chi connectivity index (χ0v) is 25.2. The van der Waals surface area contributed by atoms with Crippen LogP contribution in [0.15, 0.2) is 30.9 Å². The van der Waals surface area contributed by atoms with Gasteiger partial charge in [-0.25, -0.2) is 11.0 Å². The fourth-order valence-corrected chi connectivity index (χ4v) is 6.35. The van der Waals surface area contributed by atoms with E-state index in [0.29, 0.717) is 37.8 Å².